The van der Waals surface area contributed by atoms with E-state index < -0.39 is 0 Å². The van der Waals surface area contributed by atoms with Gasteiger partial charge in [0.2, 0.25) is 0 Å². The van der Waals surface area contributed by atoms with Gasteiger partial charge in [-0.15, -0.1) is 0 Å². The van der Waals surface area contributed by atoms with Gasteiger partial charge in [-0.2, -0.15) is 0 Å². The molecule has 1 aliphatic heterocycles. The molecule has 0 unspecified atom stereocenters. The molecule has 4 heteroatoms. The molecule has 2 rings (SSSR count). The highest BCUT2D eigenvalue weighted by Crippen LogP contribution is 2.32. The van der Waals surface area contributed by atoms with Crippen molar-refractivity contribution in [2.24, 2.45) is 10.1 Å². The van der Waals surface area contributed by atoms with E-state index in [9.17, 15) is 0 Å². The lowest BCUT2D eigenvalue weighted by molar-refractivity contribution is 0.485. The molecule has 90 valence electrons. The Bertz CT molecular complexity index is 283. The van der Waals surface area contributed by atoms with Crippen molar-refractivity contribution in [3.8, 4) is 0 Å². The average Bonchev–Trinajstić information content (AvgIpc) is 2.68. The summed E-state index contributed by atoms with van der Waals surface area (Å²) in [5, 5.41) is 3.74. The second kappa shape index (κ2) is 6.54. The maximum absolute atomic E-state index is 8.15. The number of aliphatic imine (C=N–C) groups is 1. The molecule has 1 heterocycles. The molecule has 0 N–H and O–H groups in total. The fraction of sp³-hybridized carbons (Fsp3) is 0.917. The molecular formula is C12H22N4. The fourth-order valence-electron chi connectivity index (χ4n) is 2.19. The summed E-state index contributed by atoms with van der Waals surface area (Å²) in [5.41, 5.74) is 9.44. The van der Waals surface area contributed by atoms with Crippen LogP contribution in [0.4, 0.5) is 0 Å². The standard InChI is InChI=1S/C6H11N3.C6H11N/c1-6(8-9-7)4-2-3-5-6;1-6-4-2-3-5-7-6/h2-5H2,1H3;2-5H2,1H3. The molecule has 0 aromatic carbocycles. The van der Waals surface area contributed by atoms with Gasteiger partial charge in [-0.3, -0.25) is 4.99 Å². The lowest BCUT2D eigenvalue weighted by atomic mass is 10.0. The first-order valence-electron chi connectivity index (χ1n) is 6.22. The molecular weight excluding hydrogens is 200 g/mol. The molecule has 16 heavy (non-hydrogen) atoms. The van der Waals surface area contributed by atoms with E-state index in [2.05, 4.69) is 21.9 Å². The first-order chi connectivity index (χ1) is 7.66. The van der Waals surface area contributed by atoms with Gasteiger partial charge in [0.25, 0.3) is 0 Å². The first kappa shape index (κ1) is 13.0. The van der Waals surface area contributed by atoms with E-state index in [-0.39, 0.29) is 5.54 Å². The lowest BCUT2D eigenvalue weighted by Gasteiger charge is -2.13. The first-order valence-corrected chi connectivity index (χ1v) is 6.22. The van der Waals surface area contributed by atoms with Crippen LogP contribution >= 0.6 is 0 Å². The van der Waals surface area contributed by atoms with Gasteiger partial charge in [0, 0.05) is 22.7 Å². The van der Waals surface area contributed by atoms with E-state index in [0.29, 0.717) is 0 Å². The van der Waals surface area contributed by atoms with E-state index in [1.54, 1.807) is 0 Å². The molecule has 1 aliphatic carbocycles. The van der Waals surface area contributed by atoms with Crippen molar-refractivity contribution < 1.29 is 0 Å². The van der Waals surface area contributed by atoms with Crippen molar-refractivity contribution in [3.63, 3.8) is 0 Å². The van der Waals surface area contributed by atoms with Crippen molar-refractivity contribution in [2.75, 3.05) is 6.54 Å². The van der Waals surface area contributed by atoms with Gasteiger partial charge in [-0.1, -0.05) is 24.9 Å². The van der Waals surface area contributed by atoms with Crippen molar-refractivity contribution in [1.29, 1.82) is 0 Å². The van der Waals surface area contributed by atoms with Crippen molar-refractivity contribution in [2.45, 2.75) is 64.3 Å². The third-order valence-corrected chi connectivity index (χ3v) is 3.30. The fourth-order valence-corrected chi connectivity index (χ4v) is 2.19. The Balaban J connectivity index is 0.000000165. The van der Waals surface area contributed by atoms with Crippen LogP contribution in [0.1, 0.15) is 58.8 Å². The Labute approximate surface area is 97.8 Å². The van der Waals surface area contributed by atoms with Gasteiger partial charge in [-0.05, 0) is 44.6 Å². The SMILES string of the molecule is CC1(N=[N+]=[N-])CCCC1.CC1=NCCCC1. The predicted molar refractivity (Wildman–Crippen MR) is 67.8 cm³/mol. The second-order valence-corrected chi connectivity index (χ2v) is 4.97. The average molecular weight is 222 g/mol. The number of hydrogen-bond donors (Lipinski definition) is 0. The Morgan fingerprint density at radius 1 is 1.25 bits per heavy atom. The summed E-state index contributed by atoms with van der Waals surface area (Å²) in [7, 11) is 0. The van der Waals surface area contributed by atoms with Crippen LogP contribution in [-0.2, 0) is 0 Å². The molecule has 0 radical (unpaired) electrons. The number of nitrogens with zero attached hydrogens (tertiary/aromatic N) is 4. The lowest BCUT2D eigenvalue weighted by Crippen LogP contribution is -2.13. The minimum Gasteiger partial charge on any atom is -0.294 e. The molecule has 0 saturated heterocycles. The van der Waals surface area contributed by atoms with Crippen molar-refractivity contribution >= 4 is 5.71 Å². The molecule has 0 bridgehead atoms. The summed E-state index contributed by atoms with van der Waals surface area (Å²) in [6.45, 7) is 5.21. The Hall–Kier alpha value is -1.02. The maximum atomic E-state index is 8.15. The van der Waals surface area contributed by atoms with Crippen LogP contribution in [0.3, 0.4) is 0 Å². The molecule has 0 aromatic rings. The summed E-state index contributed by atoms with van der Waals surface area (Å²) in [4.78, 5) is 7.06. The van der Waals surface area contributed by atoms with E-state index in [1.807, 2.05) is 6.92 Å². The highest BCUT2D eigenvalue weighted by atomic mass is 15.2. The minimum absolute atomic E-state index is 0.0469. The predicted octanol–water partition coefficient (Wildman–Crippen LogP) is 4.26. The monoisotopic (exact) mass is 222 g/mol. The summed E-state index contributed by atoms with van der Waals surface area (Å²) < 4.78 is 0. The van der Waals surface area contributed by atoms with Gasteiger partial charge >= 0.3 is 0 Å². The van der Waals surface area contributed by atoms with Gasteiger partial charge in [-0.25, -0.2) is 0 Å². The Morgan fingerprint density at radius 3 is 2.31 bits per heavy atom. The highest BCUT2D eigenvalue weighted by Gasteiger charge is 2.26. The Morgan fingerprint density at radius 2 is 1.94 bits per heavy atom. The summed E-state index contributed by atoms with van der Waals surface area (Å²) >= 11 is 0. The molecule has 1 saturated carbocycles. The molecule has 0 aromatic heterocycles. The maximum Gasteiger partial charge on any atom is 0.0460 e. The smallest absolute Gasteiger partial charge is 0.0460 e. The summed E-state index contributed by atoms with van der Waals surface area (Å²) in [6, 6.07) is 0. The van der Waals surface area contributed by atoms with Gasteiger partial charge in [0.1, 0.15) is 0 Å². The third kappa shape index (κ3) is 4.67. The summed E-state index contributed by atoms with van der Waals surface area (Å²) in [6.07, 6.45) is 8.46. The second-order valence-electron chi connectivity index (χ2n) is 4.97. The van der Waals surface area contributed by atoms with Crippen molar-refractivity contribution in [1.82, 2.24) is 0 Å². The third-order valence-electron chi connectivity index (χ3n) is 3.30. The quantitative estimate of drug-likeness (QED) is 0.361. The van der Waals surface area contributed by atoms with Crippen LogP contribution in [0.5, 0.6) is 0 Å². The van der Waals surface area contributed by atoms with Gasteiger partial charge in [0.15, 0.2) is 0 Å². The van der Waals surface area contributed by atoms with Gasteiger partial charge in [0.05, 0.1) is 0 Å². The van der Waals surface area contributed by atoms with E-state index in [4.69, 9.17) is 5.53 Å². The van der Waals surface area contributed by atoms with Crippen LogP contribution in [0, 0.1) is 0 Å². The molecule has 4 nitrogen and oxygen atoms in total. The zero-order valence-corrected chi connectivity index (χ0v) is 10.4. The molecule has 2 aliphatic rings. The molecule has 0 atom stereocenters. The van der Waals surface area contributed by atoms with Crippen LogP contribution in [0.25, 0.3) is 10.4 Å². The molecule has 1 fully saturated rings. The number of rotatable bonds is 1. The van der Waals surface area contributed by atoms with Crippen LogP contribution in [-0.4, -0.2) is 17.8 Å². The minimum atomic E-state index is -0.0469. The highest BCUT2D eigenvalue weighted by molar-refractivity contribution is 5.82. The zero-order valence-electron chi connectivity index (χ0n) is 10.4. The van der Waals surface area contributed by atoms with E-state index >= 15 is 0 Å². The molecule has 0 spiro atoms. The van der Waals surface area contributed by atoms with Crippen molar-refractivity contribution in [3.05, 3.63) is 10.4 Å². The summed E-state index contributed by atoms with van der Waals surface area (Å²) in [5.74, 6) is 0. The topological polar surface area (TPSA) is 61.1 Å². The van der Waals surface area contributed by atoms with E-state index in [1.165, 1.54) is 37.8 Å². The number of hydrogen-bond acceptors (Lipinski definition) is 2. The molecule has 0 amide bonds. The van der Waals surface area contributed by atoms with Crippen LogP contribution in [0.2, 0.25) is 0 Å². The van der Waals surface area contributed by atoms with Gasteiger partial charge < -0.3 is 0 Å². The normalized spacial score (nSPS) is 22.5. The van der Waals surface area contributed by atoms with Crippen LogP contribution in [0.15, 0.2) is 10.1 Å². The Kier molecular flexibility index (Phi) is 5.33. The largest absolute Gasteiger partial charge is 0.294 e. The zero-order chi connectivity index (χ0) is 11.9. The van der Waals surface area contributed by atoms with E-state index in [0.717, 1.165) is 19.4 Å². The van der Waals surface area contributed by atoms with Crippen LogP contribution < -0.4 is 0 Å². The number of azide groups is 1.